The molecule has 0 atom stereocenters. The van der Waals surface area contributed by atoms with Gasteiger partial charge in [0.15, 0.2) is 0 Å². The summed E-state index contributed by atoms with van der Waals surface area (Å²) in [6.07, 6.45) is 2.78. The van der Waals surface area contributed by atoms with Gasteiger partial charge in [0.25, 0.3) is 5.69 Å². The van der Waals surface area contributed by atoms with Crippen LogP contribution in [0.25, 0.3) is 0 Å². The molecule has 0 spiro atoms. The first kappa shape index (κ1) is 15.7. The van der Waals surface area contributed by atoms with E-state index in [1.807, 2.05) is 19.9 Å². The van der Waals surface area contributed by atoms with Gasteiger partial charge in [-0.25, -0.2) is 0 Å². The Bertz CT molecular complexity index is 595. The van der Waals surface area contributed by atoms with E-state index in [0.29, 0.717) is 29.5 Å². The Labute approximate surface area is 118 Å². The average molecular weight is 271 g/mol. The lowest BCUT2D eigenvalue weighted by molar-refractivity contribution is -0.385. The predicted molar refractivity (Wildman–Crippen MR) is 75.1 cm³/mol. The Morgan fingerprint density at radius 3 is 2.30 bits per heavy atom. The largest absolute Gasteiger partial charge is 0.290 e. The Hall–Kier alpha value is -2.40. The quantitative estimate of drug-likeness (QED) is 0.585. The van der Waals surface area contributed by atoms with E-state index in [2.05, 4.69) is 6.07 Å². The molecule has 0 aliphatic rings. The maximum atomic E-state index is 11.4. The van der Waals surface area contributed by atoms with Crippen LogP contribution in [0.15, 0.2) is 6.07 Å². The molecule has 0 bridgehead atoms. The summed E-state index contributed by atoms with van der Waals surface area (Å²) < 4.78 is 0. The van der Waals surface area contributed by atoms with Crippen LogP contribution in [0.1, 0.15) is 48.9 Å². The van der Waals surface area contributed by atoms with Crippen molar-refractivity contribution >= 4 is 5.69 Å². The normalized spacial score (nSPS) is 9.80. The third-order valence-corrected chi connectivity index (χ3v) is 3.16. The van der Waals surface area contributed by atoms with Crippen molar-refractivity contribution in [3.8, 4) is 12.1 Å². The second kappa shape index (κ2) is 7.25. The van der Waals surface area contributed by atoms with E-state index < -0.39 is 4.92 Å². The first-order valence-corrected chi connectivity index (χ1v) is 6.69. The first-order valence-electron chi connectivity index (χ1n) is 6.69. The van der Waals surface area contributed by atoms with Gasteiger partial charge in [0.05, 0.1) is 17.4 Å². The molecular weight excluding hydrogens is 254 g/mol. The minimum absolute atomic E-state index is 0.106. The molecule has 0 saturated carbocycles. The van der Waals surface area contributed by atoms with E-state index >= 15 is 0 Å². The van der Waals surface area contributed by atoms with Crippen LogP contribution in [0.3, 0.4) is 0 Å². The van der Waals surface area contributed by atoms with Gasteiger partial charge in [-0.05, 0) is 24.0 Å². The fourth-order valence-corrected chi connectivity index (χ4v) is 2.39. The summed E-state index contributed by atoms with van der Waals surface area (Å²) in [7, 11) is 0. The number of benzene rings is 1. The molecule has 0 heterocycles. The Morgan fingerprint density at radius 1 is 1.20 bits per heavy atom. The van der Waals surface area contributed by atoms with Crippen LogP contribution >= 0.6 is 0 Å². The van der Waals surface area contributed by atoms with Crippen molar-refractivity contribution in [1.82, 2.24) is 0 Å². The molecule has 0 fully saturated rings. The van der Waals surface area contributed by atoms with Crippen LogP contribution in [0.4, 0.5) is 5.69 Å². The highest BCUT2D eigenvalue weighted by molar-refractivity contribution is 5.61. The molecule has 20 heavy (non-hydrogen) atoms. The monoisotopic (exact) mass is 271 g/mol. The highest BCUT2D eigenvalue weighted by Crippen LogP contribution is 2.32. The second-order valence-electron chi connectivity index (χ2n) is 4.60. The van der Waals surface area contributed by atoms with Crippen molar-refractivity contribution in [2.45, 2.75) is 46.0 Å². The van der Waals surface area contributed by atoms with Crippen molar-refractivity contribution in [3.63, 3.8) is 0 Å². The molecule has 0 unspecified atom stereocenters. The third-order valence-electron chi connectivity index (χ3n) is 3.16. The van der Waals surface area contributed by atoms with Gasteiger partial charge < -0.3 is 0 Å². The molecule has 5 heteroatoms. The van der Waals surface area contributed by atoms with Crippen molar-refractivity contribution < 1.29 is 4.92 Å². The molecule has 1 aromatic carbocycles. The molecule has 104 valence electrons. The van der Waals surface area contributed by atoms with Gasteiger partial charge in [0.2, 0.25) is 0 Å². The van der Waals surface area contributed by atoms with Crippen LogP contribution in [0.2, 0.25) is 0 Å². The predicted octanol–water partition coefficient (Wildman–Crippen LogP) is 3.44. The third kappa shape index (κ3) is 3.13. The maximum absolute atomic E-state index is 11.4. The van der Waals surface area contributed by atoms with E-state index in [9.17, 15) is 15.4 Å². The van der Waals surface area contributed by atoms with Gasteiger partial charge in [-0.3, -0.25) is 10.1 Å². The summed E-state index contributed by atoms with van der Waals surface area (Å²) >= 11 is 0. The Balaban J connectivity index is 3.67. The zero-order chi connectivity index (χ0) is 15.1. The van der Waals surface area contributed by atoms with Crippen molar-refractivity contribution in [2.75, 3.05) is 0 Å². The minimum Gasteiger partial charge on any atom is -0.258 e. The molecule has 0 aliphatic carbocycles. The fraction of sp³-hybridized carbons (Fsp3) is 0.467. The van der Waals surface area contributed by atoms with Gasteiger partial charge in [0, 0.05) is 5.56 Å². The number of nitriles is 2. The molecule has 1 rings (SSSR count). The lowest BCUT2D eigenvalue weighted by Gasteiger charge is -2.12. The molecule has 1 aromatic rings. The van der Waals surface area contributed by atoms with Gasteiger partial charge in [-0.15, -0.1) is 0 Å². The smallest absolute Gasteiger partial charge is 0.258 e. The van der Waals surface area contributed by atoms with Crippen molar-refractivity contribution in [3.05, 3.63) is 38.4 Å². The van der Waals surface area contributed by atoms with Crippen LogP contribution in [0.5, 0.6) is 0 Å². The topological polar surface area (TPSA) is 90.7 Å². The van der Waals surface area contributed by atoms with Crippen LogP contribution in [-0.4, -0.2) is 4.92 Å². The van der Waals surface area contributed by atoms with E-state index in [-0.39, 0.29) is 17.7 Å². The van der Waals surface area contributed by atoms with E-state index in [0.717, 1.165) is 12.8 Å². The van der Waals surface area contributed by atoms with Gasteiger partial charge in [0.1, 0.15) is 11.6 Å². The maximum Gasteiger partial charge on any atom is 0.290 e. The summed E-state index contributed by atoms with van der Waals surface area (Å²) in [5, 5.41) is 29.5. The van der Waals surface area contributed by atoms with E-state index in [4.69, 9.17) is 5.26 Å². The SMILES string of the molecule is CCCc1cc(CC#N)c(CCC)c([N+](=O)[O-])c1C#N. The van der Waals surface area contributed by atoms with Crippen LogP contribution in [-0.2, 0) is 19.3 Å². The summed E-state index contributed by atoms with van der Waals surface area (Å²) in [5.41, 5.74) is 1.94. The summed E-state index contributed by atoms with van der Waals surface area (Å²) in [5.74, 6) is 0. The molecular formula is C15H17N3O2. The molecule has 0 saturated heterocycles. The van der Waals surface area contributed by atoms with E-state index in [1.165, 1.54) is 0 Å². The molecule has 0 N–H and O–H groups in total. The van der Waals surface area contributed by atoms with Crippen LogP contribution < -0.4 is 0 Å². The lowest BCUT2D eigenvalue weighted by atomic mass is 9.90. The highest BCUT2D eigenvalue weighted by atomic mass is 16.6. The molecule has 5 nitrogen and oxygen atoms in total. The molecule has 0 aliphatic heterocycles. The Kier molecular flexibility index (Phi) is 5.68. The zero-order valence-electron chi connectivity index (χ0n) is 11.8. The Morgan fingerprint density at radius 2 is 1.85 bits per heavy atom. The van der Waals surface area contributed by atoms with Gasteiger partial charge in [-0.1, -0.05) is 32.8 Å². The first-order chi connectivity index (χ1) is 9.60. The number of nitro groups is 1. The van der Waals surface area contributed by atoms with Crippen molar-refractivity contribution in [1.29, 1.82) is 10.5 Å². The van der Waals surface area contributed by atoms with Crippen molar-refractivity contribution in [2.24, 2.45) is 0 Å². The molecule has 0 aromatic heterocycles. The molecule has 0 amide bonds. The summed E-state index contributed by atoms with van der Waals surface area (Å²) in [4.78, 5) is 10.9. The summed E-state index contributed by atoms with van der Waals surface area (Å²) in [6.45, 7) is 3.88. The van der Waals surface area contributed by atoms with Crippen LogP contribution in [0, 0.1) is 32.8 Å². The number of rotatable bonds is 6. The number of hydrogen-bond donors (Lipinski definition) is 0. The second-order valence-corrected chi connectivity index (χ2v) is 4.60. The van der Waals surface area contributed by atoms with Gasteiger partial charge >= 0.3 is 0 Å². The van der Waals surface area contributed by atoms with E-state index in [1.54, 1.807) is 6.07 Å². The number of nitro benzene ring substituents is 1. The molecule has 0 radical (unpaired) electrons. The summed E-state index contributed by atoms with van der Waals surface area (Å²) in [6, 6.07) is 5.82. The lowest BCUT2D eigenvalue weighted by Crippen LogP contribution is -2.06. The minimum atomic E-state index is -0.483. The standard InChI is InChI=1S/C15H17N3O2/c1-3-5-11-9-12(7-8-16)13(6-4-2)15(18(19)20)14(11)10-17/h9H,3-7H2,1-2H3. The number of aryl methyl sites for hydroxylation is 1. The van der Waals surface area contributed by atoms with Gasteiger partial charge in [-0.2, -0.15) is 10.5 Å². The fourth-order valence-electron chi connectivity index (χ4n) is 2.39. The highest BCUT2D eigenvalue weighted by Gasteiger charge is 2.25. The number of nitrogens with zero attached hydrogens (tertiary/aromatic N) is 3. The average Bonchev–Trinajstić information content (AvgIpc) is 2.41. The number of hydrogen-bond acceptors (Lipinski definition) is 4. The zero-order valence-corrected chi connectivity index (χ0v) is 11.8.